The maximum absolute atomic E-state index is 6.16. The summed E-state index contributed by atoms with van der Waals surface area (Å²) in [5.41, 5.74) is 9.61. The summed E-state index contributed by atoms with van der Waals surface area (Å²) in [6, 6.07) is 14.3. The summed E-state index contributed by atoms with van der Waals surface area (Å²) >= 11 is 0. The van der Waals surface area contributed by atoms with Gasteiger partial charge in [0.2, 0.25) is 0 Å². The molecule has 2 aromatic rings. The molecule has 0 saturated carbocycles. The standard InChI is InChI=1S/C14H16N2/c1-11-5-4-6-12(9-11)14(15)10-13-7-2-3-8-16-13/h2-9,14H,10,15H2,1H3/t14-/m0/s1. The van der Waals surface area contributed by atoms with Crippen molar-refractivity contribution in [3.63, 3.8) is 0 Å². The largest absolute Gasteiger partial charge is 0.324 e. The Bertz CT molecular complexity index is 451. The maximum Gasteiger partial charge on any atom is 0.0422 e. The number of aryl methyl sites for hydroxylation is 1. The Kier molecular flexibility index (Phi) is 3.32. The molecule has 2 heteroatoms. The molecule has 0 aliphatic heterocycles. The molecule has 1 atom stereocenters. The van der Waals surface area contributed by atoms with E-state index in [0.29, 0.717) is 0 Å². The molecule has 0 aliphatic carbocycles. The summed E-state index contributed by atoms with van der Waals surface area (Å²) in [7, 11) is 0. The number of hydrogen-bond donors (Lipinski definition) is 1. The van der Waals surface area contributed by atoms with Gasteiger partial charge in [0.05, 0.1) is 0 Å². The van der Waals surface area contributed by atoms with E-state index in [1.54, 1.807) is 6.20 Å². The molecule has 16 heavy (non-hydrogen) atoms. The van der Waals surface area contributed by atoms with E-state index in [1.165, 1.54) is 11.1 Å². The molecular formula is C14H16N2. The van der Waals surface area contributed by atoms with Gasteiger partial charge in [-0.15, -0.1) is 0 Å². The van der Waals surface area contributed by atoms with Gasteiger partial charge in [0.15, 0.2) is 0 Å². The van der Waals surface area contributed by atoms with E-state index in [9.17, 15) is 0 Å². The summed E-state index contributed by atoms with van der Waals surface area (Å²) in [5.74, 6) is 0. The average molecular weight is 212 g/mol. The van der Waals surface area contributed by atoms with Crippen LogP contribution in [0.2, 0.25) is 0 Å². The van der Waals surface area contributed by atoms with Gasteiger partial charge in [0, 0.05) is 24.4 Å². The van der Waals surface area contributed by atoms with Gasteiger partial charge in [-0.3, -0.25) is 4.98 Å². The molecular weight excluding hydrogens is 196 g/mol. The van der Waals surface area contributed by atoms with E-state index < -0.39 is 0 Å². The number of aromatic nitrogens is 1. The molecule has 0 spiro atoms. The normalized spacial score (nSPS) is 12.4. The van der Waals surface area contributed by atoms with Crippen molar-refractivity contribution in [2.24, 2.45) is 5.73 Å². The van der Waals surface area contributed by atoms with Crippen molar-refractivity contribution >= 4 is 0 Å². The van der Waals surface area contributed by atoms with Gasteiger partial charge in [-0.25, -0.2) is 0 Å². The first-order valence-corrected chi connectivity index (χ1v) is 5.48. The zero-order valence-electron chi connectivity index (χ0n) is 9.43. The molecule has 0 amide bonds. The first-order chi connectivity index (χ1) is 7.75. The van der Waals surface area contributed by atoms with Crippen molar-refractivity contribution in [2.75, 3.05) is 0 Å². The van der Waals surface area contributed by atoms with Crippen molar-refractivity contribution in [3.05, 3.63) is 65.5 Å². The lowest BCUT2D eigenvalue weighted by Gasteiger charge is -2.12. The van der Waals surface area contributed by atoms with Gasteiger partial charge in [0.1, 0.15) is 0 Å². The number of pyridine rings is 1. The molecule has 1 heterocycles. The van der Waals surface area contributed by atoms with Crippen molar-refractivity contribution in [2.45, 2.75) is 19.4 Å². The van der Waals surface area contributed by atoms with E-state index in [4.69, 9.17) is 5.73 Å². The third-order valence-corrected chi connectivity index (χ3v) is 2.63. The monoisotopic (exact) mass is 212 g/mol. The number of hydrogen-bond acceptors (Lipinski definition) is 2. The topological polar surface area (TPSA) is 38.9 Å². The summed E-state index contributed by atoms with van der Waals surface area (Å²) in [5, 5.41) is 0. The second-order valence-electron chi connectivity index (χ2n) is 4.05. The van der Waals surface area contributed by atoms with Crippen LogP contribution in [0.1, 0.15) is 22.9 Å². The predicted molar refractivity (Wildman–Crippen MR) is 66.0 cm³/mol. The van der Waals surface area contributed by atoms with Crippen molar-refractivity contribution in [1.29, 1.82) is 0 Å². The first kappa shape index (κ1) is 10.8. The molecule has 0 aliphatic rings. The number of benzene rings is 1. The van der Waals surface area contributed by atoms with Gasteiger partial charge in [0.25, 0.3) is 0 Å². The van der Waals surface area contributed by atoms with Crippen LogP contribution in [-0.2, 0) is 6.42 Å². The predicted octanol–water partition coefficient (Wildman–Crippen LogP) is 2.63. The van der Waals surface area contributed by atoms with E-state index in [1.807, 2.05) is 24.3 Å². The van der Waals surface area contributed by atoms with Crippen molar-refractivity contribution < 1.29 is 0 Å². The molecule has 0 unspecified atom stereocenters. The quantitative estimate of drug-likeness (QED) is 0.849. The number of nitrogens with zero attached hydrogens (tertiary/aromatic N) is 1. The molecule has 0 radical (unpaired) electrons. The third kappa shape index (κ3) is 2.67. The second kappa shape index (κ2) is 4.90. The fourth-order valence-electron chi connectivity index (χ4n) is 1.76. The van der Waals surface area contributed by atoms with Crippen LogP contribution in [0.5, 0.6) is 0 Å². The highest BCUT2D eigenvalue weighted by molar-refractivity contribution is 5.25. The summed E-state index contributed by atoms with van der Waals surface area (Å²) in [4.78, 5) is 4.29. The van der Waals surface area contributed by atoms with Crippen LogP contribution in [0, 0.1) is 6.92 Å². The van der Waals surface area contributed by atoms with Crippen LogP contribution in [0.4, 0.5) is 0 Å². The van der Waals surface area contributed by atoms with Crippen LogP contribution in [0.15, 0.2) is 48.7 Å². The molecule has 2 nitrogen and oxygen atoms in total. The van der Waals surface area contributed by atoms with Crippen molar-refractivity contribution in [3.8, 4) is 0 Å². The summed E-state index contributed by atoms with van der Waals surface area (Å²) < 4.78 is 0. The third-order valence-electron chi connectivity index (χ3n) is 2.63. The van der Waals surface area contributed by atoms with E-state index in [2.05, 4.69) is 30.1 Å². The van der Waals surface area contributed by atoms with Gasteiger partial charge >= 0.3 is 0 Å². The molecule has 0 fully saturated rings. The van der Waals surface area contributed by atoms with E-state index >= 15 is 0 Å². The number of rotatable bonds is 3. The zero-order chi connectivity index (χ0) is 11.4. The summed E-state index contributed by atoms with van der Waals surface area (Å²) in [6.07, 6.45) is 2.59. The van der Waals surface area contributed by atoms with Crippen LogP contribution in [0.25, 0.3) is 0 Å². The minimum Gasteiger partial charge on any atom is -0.324 e. The Labute approximate surface area is 96.1 Å². The van der Waals surface area contributed by atoms with E-state index in [0.717, 1.165) is 12.1 Å². The van der Waals surface area contributed by atoms with Gasteiger partial charge in [-0.2, -0.15) is 0 Å². The average Bonchev–Trinajstić information content (AvgIpc) is 2.30. The van der Waals surface area contributed by atoms with Gasteiger partial charge in [-0.1, -0.05) is 35.9 Å². The van der Waals surface area contributed by atoms with Crippen LogP contribution >= 0.6 is 0 Å². The SMILES string of the molecule is Cc1cccc([C@@H](N)Cc2ccccn2)c1. The van der Waals surface area contributed by atoms with Crippen LogP contribution < -0.4 is 5.73 Å². The van der Waals surface area contributed by atoms with Gasteiger partial charge < -0.3 is 5.73 Å². The smallest absolute Gasteiger partial charge is 0.0422 e. The van der Waals surface area contributed by atoms with E-state index in [-0.39, 0.29) is 6.04 Å². The first-order valence-electron chi connectivity index (χ1n) is 5.48. The molecule has 1 aromatic heterocycles. The minimum absolute atomic E-state index is 0.0230. The lowest BCUT2D eigenvalue weighted by Crippen LogP contribution is -2.14. The summed E-state index contributed by atoms with van der Waals surface area (Å²) in [6.45, 7) is 2.08. The zero-order valence-corrected chi connectivity index (χ0v) is 9.43. The fraction of sp³-hybridized carbons (Fsp3) is 0.214. The molecule has 0 saturated heterocycles. The lowest BCUT2D eigenvalue weighted by atomic mass is 10.0. The number of nitrogens with two attached hydrogens (primary N) is 1. The van der Waals surface area contributed by atoms with Crippen LogP contribution in [0.3, 0.4) is 0 Å². The van der Waals surface area contributed by atoms with Gasteiger partial charge in [-0.05, 0) is 24.6 Å². The maximum atomic E-state index is 6.16. The fourth-order valence-corrected chi connectivity index (χ4v) is 1.76. The minimum atomic E-state index is 0.0230. The Hall–Kier alpha value is -1.67. The Morgan fingerprint density at radius 1 is 1.19 bits per heavy atom. The molecule has 0 bridgehead atoms. The second-order valence-corrected chi connectivity index (χ2v) is 4.05. The molecule has 1 aromatic carbocycles. The van der Waals surface area contributed by atoms with Crippen LogP contribution in [-0.4, -0.2) is 4.98 Å². The Morgan fingerprint density at radius 2 is 2.06 bits per heavy atom. The Morgan fingerprint density at radius 3 is 2.75 bits per heavy atom. The molecule has 2 rings (SSSR count). The highest BCUT2D eigenvalue weighted by atomic mass is 14.7. The highest BCUT2D eigenvalue weighted by Crippen LogP contribution is 2.15. The Balaban J connectivity index is 2.12. The highest BCUT2D eigenvalue weighted by Gasteiger charge is 2.07. The lowest BCUT2D eigenvalue weighted by molar-refractivity contribution is 0.706. The molecule has 2 N–H and O–H groups in total. The molecule has 82 valence electrons. The van der Waals surface area contributed by atoms with Crippen molar-refractivity contribution in [1.82, 2.24) is 4.98 Å².